The van der Waals surface area contributed by atoms with Gasteiger partial charge >= 0.3 is 0 Å². The van der Waals surface area contributed by atoms with Crippen molar-refractivity contribution in [2.45, 2.75) is 32.0 Å². The molecule has 1 aromatic carbocycles. The monoisotopic (exact) mass is 160 g/mol. The Balaban J connectivity index is 2.16. The molecule has 0 amide bonds. The van der Waals surface area contributed by atoms with Gasteiger partial charge in [-0.1, -0.05) is 23.8 Å². The van der Waals surface area contributed by atoms with Crippen molar-refractivity contribution in [3.63, 3.8) is 0 Å². The Morgan fingerprint density at radius 3 is 3.17 bits per heavy atom. The second-order valence-corrected chi connectivity index (χ2v) is 4.19. The molecular weight excluding hydrogens is 148 g/mol. The molecule has 2 unspecified atom stereocenters. The molecule has 1 heteroatoms. The van der Waals surface area contributed by atoms with E-state index in [1.807, 2.05) is 0 Å². The molecule has 3 rings (SSSR count). The van der Waals surface area contributed by atoms with Crippen LogP contribution >= 0.6 is 0 Å². The molecule has 0 N–H and O–H groups in total. The van der Waals surface area contributed by atoms with Crippen LogP contribution < -0.4 is 0 Å². The largest absolute Gasteiger partial charge is 0.361 e. The van der Waals surface area contributed by atoms with Gasteiger partial charge in [-0.2, -0.15) is 0 Å². The van der Waals surface area contributed by atoms with Crippen LogP contribution in [-0.4, -0.2) is 5.60 Å². The quantitative estimate of drug-likeness (QED) is 0.531. The van der Waals surface area contributed by atoms with Crippen molar-refractivity contribution in [2.75, 3.05) is 0 Å². The highest BCUT2D eigenvalue weighted by Crippen LogP contribution is 2.57. The number of aryl methyl sites for hydroxylation is 1. The summed E-state index contributed by atoms with van der Waals surface area (Å²) in [6, 6.07) is 6.69. The third kappa shape index (κ3) is 0.674. The third-order valence-corrected chi connectivity index (χ3v) is 3.01. The summed E-state index contributed by atoms with van der Waals surface area (Å²) >= 11 is 0. The fourth-order valence-electron chi connectivity index (χ4n) is 2.26. The zero-order valence-corrected chi connectivity index (χ0v) is 7.42. The predicted octanol–water partition coefficient (Wildman–Crippen LogP) is 2.38. The van der Waals surface area contributed by atoms with Gasteiger partial charge in [0.2, 0.25) is 0 Å². The first-order chi connectivity index (χ1) is 5.69. The molecule has 0 radical (unpaired) electrons. The number of fused-ring (bicyclic) bond motifs is 3. The predicted molar refractivity (Wildman–Crippen MR) is 47.1 cm³/mol. The van der Waals surface area contributed by atoms with Gasteiger partial charge < -0.3 is 4.74 Å². The first-order valence-corrected chi connectivity index (χ1v) is 4.46. The van der Waals surface area contributed by atoms with Crippen molar-refractivity contribution in [3.05, 3.63) is 34.9 Å². The molecule has 0 bridgehead atoms. The number of hydrogen-bond acceptors (Lipinski definition) is 1. The highest BCUT2D eigenvalue weighted by Gasteiger charge is 2.58. The van der Waals surface area contributed by atoms with Gasteiger partial charge in [-0.25, -0.2) is 0 Å². The lowest BCUT2D eigenvalue weighted by molar-refractivity contribution is 0.298. The van der Waals surface area contributed by atoms with Crippen molar-refractivity contribution in [1.29, 1.82) is 0 Å². The maximum absolute atomic E-state index is 5.62. The highest BCUT2D eigenvalue weighted by molar-refractivity contribution is 5.44. The van der Waals surface area contributed by atoms with Crippen LogP contribution in [0.15, 0.2) is 18.2 Å². The van der Waals surface area contributed by atoms with Crippen molar-refractivity contribution in [2.24, 2.45) is 0 Å². The van der Waals surface area contributed by atoms with Crippen molar-refractivity contribution >= 4 is 0 Å². The summed E-state index contributed by atoms with van der Waals surface area (Å²) in [4.78, 5) is 0. The number of ether oxygens (including phenoxy) is 1. The molecular formula is C11H12O. The topological polar surface area (TPSA) is 12.5 Å². The average molecular weight is 160 g/mol. The number of hydrogen-bond donors (Lipinski definition) is 0. The summed E-state index contributed by atoms with van der Waals surface area (Å²) < 4.78 is 5.62. The van der Waals surface area contributed by atoms with Crippen LogP contribution in [0.2, 0.25) is 0 Å². The SMILES string of the molecule is Cc1ccc2c(c1)C1OC1(C)C2. The number of epoxide rings is 1. The minimum atomic E-state index is 0.163. The van der Waals surface area contributed by atoms with Crippen LogP contribution in [0.5, 0.6) is 0 Å². The van der Waals surface area contributed by atoms with E-state index in [0.717, 1.165) is 6.42 Å². The van der Waals surface area contributed by atoms with Gasteiger partial charge in [0.1, 0.15) is 11.7 Å². The molecule has 1 fully saturated rings. The van der Waals surface area contributed by atoms with Crippen molar-refractivity contribution in [3.8, 4) is 0 Å². The van der Waals surface area contributed by atoms with E-state index in [-0.39, 0.29) is 5.60 Å². The molecule has 62 valence electrons. The maximum Gasteiger partial charge on any atom is 0.113 e. The first kappa shape index (κ1) is 6.67. The van der Waals surface area contributed by atoms with Gasteiger partial charge in [0.15, 0.2) is 0 Å². The van der Waals surface area contributed by atoms with Crippen LogP contribution in [0.4, 0.5) is 0 Å². The molecule has 0 aromatic heterocycles. The Kier molecular flexibility index (Phi) is 0.969. The molecule has 0 spiro atoms. The van der Waals surface area contributed by atoms with E-state index in [9.17, 15) is 0 Å². The Labute approximate surface area is 72.4 Å². The Hall–Kier alpha value is -0.820. The van der Waals surface area contributed by atoms with E-state index in [1.165, 1.54) is 16.7 Å². The molecule has 1 heterocycles. The van der Waals surface area contributed by atoms with Crippen LogP contribution in [-0.2, 0) is 11.2 Å². The summed E-state index contributed by atoms with van der Waals surface area (Å²) in [5, 5.41) is 0. The van der Waals surface area contributed by atoms with Crippen molar-refractivity contribution < 1.29 is 4.74 Å². The molecule has 1 nitrogen and oxygen atoms in total. The Morgan fingerprint density at radius 2 is 2.33 bits per heavy atom. The summed E-state index contributed by atoms with van der Waals surface area (Å²) in [6.07, 6.45) is 1.51. The lowest BCUT2D eigenvalue weighted by Crippen LogP contribution is -2.03. The van der Waals surface area contributed by atoms with E-state index in [0.29, 0.717) is 6.10 Å². The Bertz CT molecular complexity index is 356. The fourth-order valence-corrected chi connectivity index (χ4v) is 2.26. The maximum atomic E-state index is 5.62. The molecule has 1 aliphatic heterocycles. The molecule has 1 saturated heterocycles. The highest BCUT2D eigenvalue weighted by atomic mass is 16.6. The lowest BCUT2D eigenvalue weighted by Gasteiger charge is -2.03. The molecule has 2 atom stereocenters. The first-order valence-electron chi connectivity index (χ1n) is 4.46. The normalized spacial score (nSPS) is 36.0. The molecule has 1 aliphatic carbocycles. The summed E-state index contributed by atoms with van der Waals surface area (Å²) in [7, 11) is 0. The van der Waals surface area contributed by atoms with Gasteiger partial charge in [0.25, 0.3) is 0 Å². The van der Waals surface area contributed by atoms with Gasteiger partial charge in [0.05, 0.1) is 0 Å². The van der Waals surface area contributed by atoms with E-state index in [2.05, 4.69) is 32.0 Å². The fraction of sp³-hybridized carbons (Fsp3) is 0.455. The molecule has 12 heavy (non-hydrogen) atoms. The van der Waals surface area contributed by atoms with E-state index in [4.69, 9.17) is 4.74 Å². The summed E-state index contributed by atoms with van der Waals surface area (Å²) in [5.41, 5.74) is 4.42. The van der Waals surface area contributed by atoms with Crippen molar-refractivity contribution in [1.82, 2.24) is 0 Å². The van der Waals surface area contributed by atoms with Gasteiger partial charge in [-0.3, -0.25) is 0 Å². The van der Waals surface area contributed by atoms with Gasteiger partial charge in [0, 0.05) is 6.42 Å². The minimum absolute atomic E-state index is 0.163. The van der Waals surface area contributed by atoms with E-state index < -0.39 is 0 Å². The van der Waals surface area contributed by atoms with Crippen LogP contribution in [0.3, 0.4) is 0 Å². The third-order valence-electron chi connectivity index (χ3n) is 3.01. The van der Waals surface area contributed by atoms with E-state index >= 15 is 0 Å². The van der Waals surface area contributed by atoms with Gasteiger partial charge in [-0.05, 0) is 25.0 Å². The molecule has 0 saturated carbocycles. The Morgan fingerprint density at radius 1 is 1.50 bits per heavy atom. The van der Waals surface area contributed by atoms with Gasteiger partial charge in [-0.15, -0.1) is 0 Å². The van der Waals surface area contributed by atoms with Crippen LogP contribution in [0, 0.1) is 6.92 Å². The standard InChI is InChI=1S/C11H12O/c1-7-3-4-8-6-11(2)10(12-11)9(8)5-7/h3-5,10H,6H2,1-2H3. The number of benzene rings is 1. The second kappa shape index (κ2) is 1.74. The summed E-state index contributed by atoms with van der Waals surface area (Å²) in [6.45, 7) is 4.34. The smallest absolute Gasteiger partial charge is 0.113 e. The second-order valence-electron chi connectivity index (χ2n) is 4.19. The van der Waals surface area contributed by atoms with E-state index in [1.54, 1.807) is 0 Å². The van der Waals surface area contributed by atoms with Crippen LogP contribution in [0.1, 0.15) is 29.7 Å². The average Bonchev–Trinajstić information content (AvgIpc) is 2.60. The molecule has 2 aliphatic rings. The zero-order valence-electron chi connectivity index (χ0n) is 7.42. The zero-order chi connectivity index (χ0) is 8.34. The summed E-state index contributed by atoms with van der Waals surface area (Å²) in [5.74, 6) is 0. The molecule has 1 aromatic rings. The lowest BCUT2D eigenvalue weighted by atomic mass is 10.1. The minimum Gasteiger partial charge on any atom is -0.361 e. The number of rotatable bonds is 0. The van der Waals surface area contributed by atoms with Crippen LogP contribution in [0.25, 0.3) is 0 Å².